The Labute approximate surface area is 69.2 Å². The van der Waals surface area contributed by atoms with E-state index in [-0.39, 0.29) is 48.1 Å². The van der Waals surface area contributed by atoms with Crippen LogP contribution < -0.4 is 0 Å². The van der Waals surface area contributed by atoms with Crippen LogP contribution in [0, 0.1) is 0 Å². The van der Waals surface area contributed by atoms with E-state index in [1.165, 1.54) is 0 Å². The fraction of sp³-hybridized carbons (Fsp3) is 0. The molecule has 0 atom stereocenters. The molecule has 6 heteroatoms. The van der Waals surface area contributed by atoms with Crippen molar-refractivity contribution in [3.63, 3.8) is 0 Å². The average Bonchev–Trinajstić information content (AvgIpc) is 0.811. The van der Waals surface area contributed by atoms with E-state index in [9.17, 15) is 12.6 Å². The molecule has 0 spiro atoms. The van der Waals surface area contributed by atoms with Crippen molar-refractivity contribution < 1.29 is 31.1 Å². The standard InChI is InChI=1S/F3P.Na.V/c1-4(2)3;;. The third kappa shape index (κ3) is 41.1. The minimum atomic E-state index is -4.12. The van der Waals surface area contributed by atoms with Crippen molar-refractivity contribution in [1.29, 1.82) is 0 Å². The Kier molecular flexibility index (Phi) is 25.9. The van der Waals surface area contributed by atoms with Gasteiger partial charge in [0.2, 0.25) is 0 Å². The van der Waals surface area contributed by atoms with Gasteiger partial charge >= 0.3 is 8.85 Å². The number of hydrogen-bond acceptors (Lipinski definition) is 0. The van der Waals surface area contributed by atoms with Crippen molar-refractivity contribution >= 4 is 38.4 Å². The van der Waals surface area contributed by atoms with E-state index in [1.807, 2.05) is 0 Å². The fourth-order valence-electron chi connectivity index (χ4n) is 0. The van der Waals surface area contributed by atoms with Gasteiger partial charge in [-0.05, 0) is 0 Å². The van der Waals surface area contributed by atoms with Gasteiger partial charge in [0.15, 0.2) is 0 Å². The van der Waals surface area contributed by atoms with Crippen LogP contribution in [0.5, 0.6) is 0 Å². The molecular formula is F3NaPV. The molecule has 0 aliphatic heterocycles. The van der Waals surface area contributed by atoms with Crippen molar-refractivity contribution in [3.05, 3.63) is 0 Å². The van der Waals surface area contributed by atoms with Gasteiger partial charge in [-0.25, -0.2) is 0 Å². The minimum absolute atomic E-state index is 0. The first-order valence-electron chi connectivity index (χ1n) is 0.507. The minimum Gasteiger partial charge on any atom is -0.152 e. The molecule has 0 rings (SSSR count). The van der Waals surface area contributed by atoms with Crippen molar-refractivity contribution in [2.45, 2.75) is 0 Å². The molecule has 6 heavy (non-hydrogen) atoms. The molecule has 0 aromatic rings. The molecule has 0 aliphatic carbocycles. The molecule has 0 saturated heterocycles. The van der Waals surface area contributed by atoms with Crippen molar-refractivity contribution in [2.24, 2.45) is 0 Å². The summed E-state index contributed by atoms with van der Waals surface area (Å²) < 4.78 is 29.2. The predicted octanol–water partition coefficient (Wildman–Crippen LogP) is 1.74. The van der Waals surface area contributed by atoms with E-state index in [0.29, 0.717) is 0 Å². The van der Waals surface area contributed by atoms with Crippen LogP contribution in [-0.4, -0.2) is 29.6 Å². The van der Waals surface area contributed by atoms with Gasteiger partial charge in [-0.1, -0.05) is 0 Å². The molecule has 0 N–H and O–H groups in total. The SMILES string of the molecule is FP(F)F.[Na].[V]. The van der Waals surface area contributed by atoms with Crippen LogP contribution >= 0.6 is 8.85 Å². The summed E-state index contributed by atoms with van der Waals surface area (Å²) in [6.45, 7) is 0. The molecule has 0 nitrogen and oxygen atoms in total. The van der Waals surface area contributed by atoms with Crippen LogP contribution in [-0.2, 0) is 18.6 Å². The topological polar surface area (TPSA) is 0 Å². The van der Waals surface area contributed by atoms with Crippen LogP contribution in [0.15, 0.2) is 0 Å². The second-order valence-corrected chi connectivity index (χ2v) is 0.575. The maximum absolute atomic E-state index is 9.73. The Morgan fingerprint density at radius 3 is 1.00 bits per heavy atom. The van der Waals surface area contributed by atoms with Gasteiger partial charge in [-0.2, -0.15) is 12.6 Å². The van der Waals surface area contributed by atoms with Crippen molar-refractivity contribution in [1.82, 2.24) is 0 Å². The Balaban J connectivity index is -0.0000000450. The summed E-state index contributed by atoms with van der Waals surface area (Å²) in [5, 5.41) is 0. The van der Waals surface area contributed by atoms with Gasteiger partial charge in [0.25, 0.3) is 0 Å². The van der Waals surface area contributed by atoms with Crippen molar-refractivity contribution in [2.75, 3.05) is 0 Å². The Morgan fingerprint density at radius 1 is 1.00 bits per heavy atom. The first-order valence-corrected chi connectivity index (χ1v) is 1.52. The van der Waals surface area contributed by atoms with Crippen molar-refractivity contribution in [3.8, 4) is 0 Å². The number of halogens is 3. The van der Waals surface area contributed by atoms with E-state index in [1.54, 1.807) is 0 Å². The van der Waals surface area contributed by atoms with Crippen LogP contribution in [0.2, 0.25) is 0 Å². The Morgan fingerprint density at radius 2 is 1.00 bits per heavy atom. The summed E-state index contributed by atoms with van der Waals surface area (Å²) in [5.41, 5.74) is 0. The average molecular weight is 162 g/mol. The second kappa shape index (κ2) is 9.93. The van der Waals surface area contributed by atoms with E-state index in [2.05, 4.69) is 0 Å². The zero-order valence-electron chi connectivity index (χ0n) is 3.03. The number of hydrogen-bond donors (Lipinski definition) is 0. The summed E-state index contributed by atoms with van der Waals surface area (Å²) in [7, 11) is -4.12. The molecule has 0 amide bonds. The van der Waals surface area contributed by atoms with Crippen LogP contribution in [0.1, 0.15) is 0 Å². The molecule has 0 aromatic heterocycles. The summed E-state index contributed by atoms with van der Waals surface area (Å²) in [6, 6.07) is 0. The zero-order chi connectivity index (χ0) is 3.58. The summed E-state index contributed by atoms with van der Waals surface area (Å²) >= 11 is 0. The molecule has 0 fully saturated rings. The van der Waals surface area contributed by atoms with Gasteiger partial charge in [-0.3, -0.25) is 0 Å². The molecule has 2 radical (unpaired) electrons. The molecule has 0 aliphatic rings. The zero-order valence-corrected chi connectivity index (χ0v) is 7.32. The van der Waals surface area contributed by atoms with E-state index in [0.717, 1.165) is 0 Å². The number of rotatable bonds is 0. The van der Waals surface area contributed by atoms with Gasteiger partial charge < -0.3 is 0 Å². The van der Waals surface area contributed by atoms with Crippen LogP contribution in [0.4, 0.5) is 12.6 Å². The van der Waals surface area contributed by atoms with Gasteiger partial charge in [-0.15, -0.1) is 0 Å². The summed E-state index contributed by atoms with van der Waals surface area (Å²) in [4.78, 5) is 0. The first-order chi connectivity index (χ1) is 1.73. The molecule has 0 saturated carbocycles. The smallest absolute Gasteiger partial charge is 0.152 e. The van der Waals surface area contributed by atoms with E-state index in [4.69, 9.17) is 0 Å². The molecule has 0 heterocycles. The predicted molar refractivity (Wildman–Crippen MR) is 16.0 cm³/mol. The van der Waals surface area contributed by atoms with Gasteiger partial charge in [0.1, 0.15) is 0 Å². The van der Waals surface area contributed by atoms with Gasteiger partial charge in [0.05, 0.1) is 0 Å². The summed E-state index contributed by atoms with van der Waals surface area (Å²) in [5.74, 6) is 0. The fourth-order valence-corrected chi connectivity index (χ4v) is 0. The quantitative estimate of drug-likeness (QED) is 0.375. The van der Waals surface area contributed by atoms with Crippen LogP contribution in [0.25, 0.3) is 0 Å². The Bertz CT molecular complexity index is 15.5. The molecule has 32 valence electrons. The molecule has 0 bridgehead atoms. The summed E-state index contributed by atoms with van der Waals surface area (Å²) in [6.07, 6.45) is 0. The normalized spacial score (nSPS) is 6.00. The first kappa shape index (κ1) is 15.7. The molecule has 0 unspecified atom stereocenters. The Hall–Kier alpha value is 1.80. The largest absolute Gasteiger partial charge is 0.456 e. The maximum Gasteiger partial charge on any atom is 0.456 e. The monoisotopic (exact) mass is 162 g/mol. The second-order valence-electron chi connectivity index (χ2n) is 0.192. The van der Waals surface area contributed by atoms with Gasteiger partial charge in [0, 0.05) is 48.1 Å². The van der Waals surface area contributed by atoms with E-state index >= 15 is 0 Å². The van der Waals surface area contributed by atoms with Crippen LogP contribution in [0.3, 0.4) is 0 Å². The third-order valence-electron chi connectivity index (χ3n) is 0. The molecule has 0 aromatic carbocycles. The molecular weight excluding hydrogens is 162 g/mol. The third-order valence-corrected chi connectivity index (χ3v) is 0. The van der Waals surface area contributed by atoms with E-state index < -0.39 is 8.85 Å². The maximum atomic E-state index is 9.73.